The minimum Gasteiger partial charge on any atom is -0.497 e. The standard InChI is InChI=1S/C16H19NO4S/c1-17(14-6-4-3-5-7-14)22(18,19)13-12-21-16-10-8-15(20-2)9-11-16/h3-11H,12-13H2,1-2H3. The number of nitrogens with zero attached hydrogens (tertiary/aromatic N) is 1. The summed E-state index contributed by atoms with van der Waals surface area (Å²) in [5.74, 6) is 1.24. The number of benzene rings is 2. The lowest BCUT2D eigenvalue weighted by atomic mass is 10.3. The predicted octanol–water partition coefficient (Wildman–Crippen LogP) is 2.54. The van der Waals surface area contributed by atoms with Crippen molar-refractivity contribution in [1.29, 1.82) is 0 Å². The largest absolute Gasteiger partial charge is 0.497 e. The fourth-order valence-electron chi connectivity index (χ4n) is 1.87. The van der Waals surface area contributed by atoms with Gasteiger partial charge in [0.05, 0.1) is 12.8 Å². The highest BCUT2D eigenvalue weighted by Crippen LogP contribution is 2.18. The van der Waals surface area contributed by atoms with Gasteiger partial charge in [-0.1, -0.05) is 18.2 Å². The molecular formula is C16H19NO4S. The molecule has 2 aromatic rings. The first-order chi connectivity index (χ1) is 10.5. The fraction of sp³-hybridized carbons (Fsp3) is 0.250. The summed E-state index contributed by atoms with van der Waals surface area (Å²) in [5.41, 5.74) is 0.631. The maximum absolute atomic E-state index is 12.2. The minimum absolute atomic E-state index is 0.0891. The van der Waals surface area contributed by atoms with E-state index in [1.165, 1.54) is 11.4 Å². The number of hydrogen-bond donors (Lipinski definition) is 0. The molecule has 0 N–H and O–H groups in total. The summed E-state index contributed by atoms with van der Waals surface area (Å²) in [6.45, 7) is 0.0891. The number of anilines is 1. The van der Waals surface area contributed by atoms with E-state index in [0.29, 0.717) is 11.4 Å². The van der Waals surface area contributed by atoms with Crippen molar-refractivity contribution >= 4 is 15.7 Å². The Hall–Kier alpha value is -2.21. The van der Waals surface area contributed by atoms with Gasteiger partial charge < -0.3 is 9.47 Å². The molecule has 0 bridgehead atoms. The van der Waals surface area contributed by atoms with E-state index in [9.17, 15) is 8.42 Å². The second-order valence-electron chi connectivity index (χ2n) is 4.64. The van der Waals surface area contributed by atoms with Crippen LogP contribution in [0.1, 0.15) is 0 Å². The molecule has 0 aliphatic heterocycles. The summed E-state index contributed by atoms with van der Waals surface area (Å²) in [6, 6.07) is 16.0. The van der Waals surface area contributed by atoms with Gasteiger partial charge in [-0.25, -0.2) is 8.42 Å². The average molecular weight is 321 g/mol. The van der Waals surface area contributed by atoms with Gasteiger partial charge >= 0.3 is 0 Å². The van der Waals surface area contributed by atoms with Crippen LogP contribution < -0.4 is 13.8 Å². The molecule has 0 amide bonds. The van der Waals surface area contributed by atoms with Crippen molar-refractivity contribution in [3.63, 3.8) is 0 Å². The molecule has 2 rings (SSSR count). The molecule has 0 radical (unpaired) electrons. The van der Waals surface area contributed by atoms with Crippen LogP contribution in [0.25, 0.3) is 0 Å². The molecule has 2 aromatic carbocycles. The third kappa shape index (κ3) is 4.14. The van der Waals surface area contributed by atoms with Crippen LogP contribution in [0.3, 0.4) is 0 Å². The van der Waals surface area contributed by atoms with E-state index < -0.39 is 10.0 Å². The molecule has 0 unspecified atom stereocenters. The lowest BCUT2D eigenvalue weighted by molar-refractivity contribution is 0.339. The van der Waals surface area contributed by atoms with E-state index in [1.54, 1.807) is 55.6 Å². The van der Waals surface area contributed by atoms with Crippen molar-refractivity contribution in [2.24, 2.45) is 0 Å². The summed E-state index contributed by atoms with van der Waals surface area (Å²) < 4.78 is 36.3. The second-order valence-corrected chi connectivity index (χ2v) is 6.76. The minimum atomic E-state index is -3.41. The second kappa shape index (κ2) is 7.17. The van der Waals surface area contributed by atoms with E-state index in [0.717, 1.165) is 5.75 Å². The number of hydrogen-bond acceptors (Lipinski definition) is 4. The van der Waals surface area contributed by atoms with E-state index in [4.69, 9.17) is 9.47 Å². The Morgan fingerprint density at radius 1 is 0.955 bits per heavy atom. The third-order valence-electron chi connectivity index (χ3n) is 3.21. The van der Waals surface area contributed by atoms with Crippen LogP contribution in [0.5, 0.6) is 11.5 Å². The smallest absolute Gasteiger partial charge is 0.238 e. The fourth-order valence-corrected chi connectivity index (χ4v) is 2.88. The van der Waals surface area contributed by atoms with Crippen molar-refractivity contribution in [2.75, 3.05) is 30.8 Å². The Kier molecular flexibility index (Phi) is 5.27. The van der Waals surface area contributed by atoms with Crippen LogP contribution >= 0.6 is 0 Å². The Bertz CT molecular complexity index is 684. The monoisotopic (exact) mass is 321 g/mol. The maximum atomic E-state index is 12.2. The van der Waals surface area contributed by atoms with Crippen molar-refractivity contribution in [3.05, 3.63) is 54.6 Å². The molecule has 0 aromatic heterocycles. The predicted molar refractivity (Wildman–Crippen MR) is 87.1 cm³/mol. The number of methoxy groups -OCH3 is 1. The first kappa shape index (κ1) is 16.2. The SMILES string of the molecule is COc1ccc(OCCS(=O)(=O)N(C)c2ccccc2)cc1. The van der Waals surface area contributed by atoms with Gasteiger partial charge in [0.15, 0.2) is 0 Å². The number of para-hydroxylation sites is 1. The Morgan fingerprint density at radius 3 is 2.14 bits per heavy atom. The molecule has 0 saturated carbocycles. The van der Waals surface area contributed by atoms with Gasteiger partial charge in [-0.3, -0.25) is 4.31 Å². The maximum Gasteiger partial charge on any atom is 0.238 e. The zero-order chi connectivity index (χ0) is 16.0. The zero-order valence-corrected chi connectivity index (χ0v) is 13.4. The van der Waals surface area contributed by atoms with Crippen molar-refractivity contribution in [3.8, 4) is 11.5 Å². The molecule has 0 aliphatic rings. The van der Waals surface area contributed by atoms with E-state index in [2.05, 4.69) is 0 Å². The molecular weight excluding hydrogens is 302 g/mol. The van der Waals surface area contributed by atoms with Crippen LogP contribution in [0.2, 0.25) is 0 Å². The average Bonchev–Trinajstić information content (AvgIpc) is 2.55. The van der Waals surface area contributed by atoms with E-state index in [-0.39, 0.29) is 12.4 Å². The quantitative estimate of drug-likeness (QED) is 0.786. The van der Waals surface area contributed by atoms with Crippen molar-refractivity contribution in [1.82, 2.24) is 0 Å². The topological polar surface area (TPSA) is 55.8 Å². The first-order valence-corrected chi connectivity index (χ1v) is 8.42. The molecule has 6 heteroatoms. The number of rotatable bonds is 7. The highest BCUT2D eigenvalue weighted by atomic mass is 32.2. The Balaban J connectivity index is 1.92. The first-order valence-electron chi connectivity index (χ1n) is 6.81. The van der Waals surface area contributed by atoms with Crippen molar-refractivity contribution < 1.29 is 17.9 Å². The van der Waals surface area contributed by atoms with Gasteiger partial charge in [-0.2, -0.15) is 0 Å². The molecule has 5 nitrogen and oxygen atoms in total. The van der Waals surface area contributed by atoms with Crippen LogP contribution in [-0.4, -0.2) is 34.9 Å². The summed E-state index contributed by atoms with van der Waals surface area (Å²) in [6.07, 6.45) is 0. The van der Waals surface area contributed by atoms with Gasteiger partial charge in [-0.15, -0.1) is 0 Å². The summed E-state index contributed by atoms with van der Waals surface area (Å²) in [4.78, 5) is 0. The van der Waals surface area contributed by atoms with Crippen LogP contribution in [0, 0.1) is 0 Å². The van der Waals surface area contributed by atoms with Gasteiger partial charge in [0, 0.05) is 7.05 Å². The molecule has 0 atom stereocenters. The number of sulfonamides is 1. The van der Waals surface area contributed by atoms with Crippen LogP contribution in [-0.2, 0) is 10.0 Å². The van der Waals surface area contributed by atoms with Crippen LogP contribution in [0.15, 0.2) is 54.6 Å². The highest BCUT2D eigenvalue weighted by molar-refractivity contribution is 7.92. The van der Waals surface area contributed by atoms with Gasteiger partial charge in [-0.05, 0) is 36.4 Å². The van der Waals surface area contributed by atoms with E-state index in [1.807, 2.05) is 6.07 Å². The molecule has 0 spiro atoms. The third-order valence-corrected chi connectivity index (χ3v) is 4.93. The zero-order valence-electron chi connectivity index (χ0n) is 12.6. The Labute approximate surface area is 131 Å². The summed E-state index contributed by atoms with van der Waals surface area (Å²) >= 11 is 0. The molecule has 118 valence electrons. The van der Waals surface area contributed by atoms with Crippen molar-refractivity contribution in [2.45, 2.75) is 0 Å². The summed E-state index contributed by atoms with van der Waals surface area (Å²) in [5, 5.41) is 0. The lowest BCUT2D eigenvalue weighted by Crippen LogP contribution is -2.31. The Morgan fingerprint density at radius 2 is 1.55 bits per heavy atom. The van der Waals surface area contributed by atoms with Gasteiger partial charge in [0.1, 0.15) is 23.9 Å². The molecule has 0 heterocycles. The normalized spacial score (nSPS) is 11.0. The lowest BCUT2D eigenvalue weighted by Gasteiger charge is -2.19. The van der Waals surface area contributed by atoms with Gasteiger partial charge in [0.2, 0.25) is 10.0 Å². The van der Waals surface area contributed by atoms with Gasteiger partial charge in [0.25, 0.3) is 0 Å². The molecule has 0 aliphatic carbocycles. The summed E-state index contributed by atoms with van der Waals surface area (Å²) in [7, 11) is -0.288. The molecule has 0 fully saturated rings. The van der Waals surface area contributed by atoms with Crippen LogP contribution in [0.4, 0.5) is 5.69 Å². The highest BCUT2D eigenvalue weighted by Gasteiger charge is 2.18. The molecule has 22 heavy (non-hydrogen) atoms. The number of ether oxygens (including phenoxy) is 2. The van der Waals surface area contributed by atoms with E-state index >= 15 is 0 Å². The molecule has 0 saturated heterocycles.